The van der Waals surface area contributed by atoms with E-state index in [1.807, 2.05) is 43.4 Å². The molecule has 35 heavy (non-hydrogen) atoms. The summed E-state index contributed by atoms with van der Waals surface area (Å²) in [7, 11) is 2.01. The Labute approximate surface area is 205 Å². The molecule has 1 heterocycles. The molecule has 0 bridgehead atoms. The highest BCUT2D eigenvalue weighted by molar-refractivity contribution is 5.89. The van der Waals surface area contributed by atoms with Crippen molar-refractivity contribution in [3.8, 4) is 11.1 Å². The third kappa shape index (κ3) is 5.32. The lowest BCUT2D eigenvalue weighted by atomic mass is 9.98. The van der Waals surface area contributed by atoms with E-state index >= 15 is 0 Å². The third-order valence-corrected chi connectivity index (χ3v) is 7.36. The molecule has 0 saturated carbocycles. The lowest BCUT2D eigenvalue weighted by Crippen LogP contribution is -2.50. The molecular formula is C27H33N3O5. The van der Waals surface area contributed by atoms with Gasteiger partial charge in [-0.15, -0.1) is 0 Å². The smallest absolute Gasteiger partial charge is 0.407 e. The van der Waals surface area contributed by atoms with Crippen molar-refractivity contribution in [2.75, 3.05) is 33.3 Å². The zero-order valence-corrected chi connectivity index (χ0v) is 20.5. The molecule has 2 amide bonds. The van der Waals surface area contributed by atoms with Gasteiger partial charge in [0, 0.05) is 31.1 Å². The molecule has 8 heteroatoms. The predicted octanol–water partition coefficient (Wildman–Crippen LogP) is 3.31. The van der Waals surface area contributed by atoms with E-state index < -0.39 is 30.4 Å². The maximum absolute atomic E-state index is 13.2. The number of ether oxygens (including phenoxy) is 1. The number of rotatable bonds is 6. The summed E-state index contributed by atoms with van der Waals surface area (Å²) >= 11 is 0. The minimum atomic E-state index is -1.19. The number of nitrogens with one attached hydrogen (secondary N) is 1. The van der Waals surface area contributed by atoms with Crippen LogP contribution in [0.3, 0.4) is 0 Å². The van der Waals surface area contributed by atoms with Gasteiger partial charge in [0.05, 0.1) is 6.42 Å². The van der Waals surface area contributed by atoms with Crippen LogP contribution in [0.1, 0.15) is 43.7 Å². The van der Waals surface area contributed by atoms with Crippen molar-refractivity contribution in [2.45, 2.75) is 44.2 Å². The van der Waals surface area contributed by atoms with Crippen LogP contribution in [0.25, 0.3) is 11.1 Å². The summed E-state index contributed by atoms with van der Waals surface area (Å²) < 4.78 is 5.54. The van der Waals surface area contributed by atoms with Gasteiger partial charge in [0.25, 0.3) is 0 Å². The van der Waals surface area contributed by atoms with E-state index in [1.165, 1.54) is 0 Å². The third-order valence-electron chi connectivity index (χ3n) is 7.36. The average Bonchev–Trinajstić information content (AvgIpc) is 3.07. The number of amides is 2. The standard InChI is InChI=1S/C27H33N3O5/c1-27(2)12-13-30(15-14-29(27)3)25(33)23(16-24(31)32)28-26(34)35-17-22-20-10-6-4-8-18(20)19-9-5-7-11-21(19)22/h4-11,22-23H,12-17H2,1-3H3,(H,28,34)(H,31,32). The Balaban J connectivity index is 1.42. The van der Waals surface area contributed by atoms with Crippen LogP contribution in [0.2, 0.25) is 0 Å². The van der Waals surface area contributed by atoms with Gasteiger partial charge in [-0.3, -0.25) is 14.5 Å². The number of benzene rings is 2. The molecule has 8 nitrogen and oxygen atoms in total. The van der Waals surface area contributed by atoms with Crippen molar-refractivity contribution < 1.29 is 24.2 Å². The lowest BCUT2D eigenvalue weighted by molar-refractivity contribution is -0.142. The highest BCUT2D eigenvalue weighted by Crippen LogP contribution is 2.44. The fourth-order valence-electron chi connectivity index (χ4n) is 4.88. The van der Waals surface area contributed by atoms with Gasteiger partial charge < -0.3 is 20.1 Å². The molecule has 1 aliphatic heterocycles. The topological polar surface area (TPSA) is 99.2 Å². The number of hydrogen-bond donors (Lipinski definition) is 2. The largest absolute Gasteiger partial charge is 0.481 e. The Kier molecular flexibility index (Phi) is 7.12. The first-order chi connectivity index (χ1) is 16.7. The average molecular weight is 480 g/mol. The highest BCUT2D eigenvalue weighted by atomic mass is 16.5. The second kappa shape index (κ2) is 10.1. The fraction of sp³-hybridized carbons (Fsp3) is 0.444. The van der Waals surface area contributed by atoms with Crippen molar-refractivity contribution >= 4 is 18.0 Å². The lowest BCUT2D eigenvalue weighted by Gasteiger charge is -2.32. The first kappa shape index (κ1) is 24.7. The van der Waals surface area contributed by atoms with Gasteiger partial charge >= 0.3 is 12.1 Å². The SMILES string of the molecule is CN1CCN(C(=O)C(CC(=O)O)NC(=O)OCC2c3ccccc3-c3ccccc32)CCC1(C)C. The number of hydrogen-bond acceptors (Lipinski definition) is 5. The zero-order valence-electron chi connectivity index (χ0n) is 20.5. The van der Waals surface area contributed by atoms with E-state index in [-0.39, 0.29) is 18.1 Å². The molecule has 1 atom stereocenters. The molecule has 2 aromatic rings. The van der Waals surface area contributed by atoms with Gasteiger partial charge in [0.2, 0.25) is 5.91 Å². The summed E-state index contributed by atoms with van der Waals surface area (Å²) in [4.78, 5) is 41.2. The molecule has 1 fully saturated rings. The first-order valence-corrected chi connectivity index (χ1v) is 12.0. The highest BCUT2D eigenvalue weighted by Gasteiger charge is 2.34. The van der Waals surface area contributed by atoms with Crippen LogP contribution in [0.5, 0.6) is 0 Å². The predicted molar refractivity (Wildman–Crippen MR) is 132 cm³/mol. The maximum atomic E-state index is 13.2. The molecule has 2 N–H and O–H groups in total. The van der Waals surface area contributed by atoms with Crippen molar-refractivity contribution in [2.24, 2.45) is 0 Å². The minimum Gasteiger partial charge on any atom is -0.481 e. The Hall–Kier alpha value is -3.39. The first-order valence-electron chi connectivity index (χ1n) is 12.0. The maximum Gasteiger partial charge on any atom is 0.407 e. The van der Waals surface area contributed by atoms with E-state index in [2.05, 4.69) is 36.2 Å². The second-order valence-corrected chi connectivity index (χ2v) is 9.93. The number of nitrogens with zero attached hydrogens (tertiary/aromatic N) is 2. The van der Waals surface area contributed by atoms with Crippen molar-refractivity contribution in [3.63, 3.8) is 0 Å². The van der Waals surface area contributed by atoms with Crippen molar-refractivity contribution in [1.82, 2.24) is 15.1 Å². The summed E-state index contributed by atoms with van der Waals surface area (Å²) in [6.45, 7) is 5.97. The summed E-state index contributed by atoms with van der Waals surface area (Å²) in [5, 5.41) is 11.9. The van der Waals surface area contributed by atoms with Gasteiger partial charge in [-0.25, -0.2) is 4.79 Å². The molecular weight excluding hydrogens is 446 g/mol. The normalized spacial score (nSPS) is 18.2. The fourth-order valence-corrected chi connectivity index (χ4v) is 4.88. The van der Waals surface area contributed by atoms with Crippen LogP contribution >= 0.6 is 0 Å². The molecule has 2 aliphatic rings. The van der Waals surface area contributed by atoms with E-state index in [9.17, 15) is 19.5 Å². The van der Waals surface area contributed by atoms with Crippen LogP contribution in [0.4, 0.5) is 4.79 Å². The molecule has 0 radical (unpaired) electrons. The van der Waals surface area contributed by atoms with Gasteiger partial charge in [0.15, 0.2) is 0 Å². The molecule has 1 aliphatic carbocycles. The number of carbonyl (C=O) groups is 3. The Morgan fingerprint density at radius 2 is 1.63 bits per heavy atom. The number of aliphatic carboxylic acids is 1. The molecule has 4 rings (SSSR count). The monoisotopic (exact) mass is 479 g/mol. The Morgan fingerprint density at radius 3 is 2.23 bits per heavy atom. The van der Waals surface area contributed by atoms with Crippen LogP contribution < -0.4 is 5.32 Å². The van der Waals surface area contributed by atoms with Gasteiger partial charge in [0.1, 0.15) is 12.6 Å². The van der Waals surface area contributed by atoms with E-state index in [0.717, 1.165) is 28.7 Å². The summed E-state index contributed by atoms with van der Waals surface area (Å²) in [5.74, 6) is -1.67. The van der Waals surface area contributed by atoms with E-state index in [4.69, 9.17) is 4.74 Å². The van der Waals surface area contributed by atoms with Crippen molar-refractivity contribution in [1.29, 1.82) is 0 Å². The Bertz CT molecular complexity index is 1070. The van der Waals surface area contributed by atoms with Gasteiger partial charge in [-0.1, -0.05) is 48.5 Å². The molecule has 1 unspecified atom stereocenters. The van der Waals surface area contributed by atoms with Crippen molar-refractivity contribution in [3.05, 3.63) is 59.7 Å². The summed E-state index contributed by atoms with van der Waals surface area (Å²) in [6, 6.07) is 14.8. The van der Waals surface area contributed by atoms with Gasteiger partial charge in [-0.2, -0.15) is 0 Å². The van der Waals surface area contributed by atoms with E-state index in [0.29, 0.717) is 19.6 Å². The summed E-state index contributed by atoms with van der Waals surface area (Å²) in [5.41, 5.74) is 4.32. The second-order valence-electron chi connectivity index (χ2n) is 9.93. The van der Waals surface area contributed by atoms with Crippen LogP contribution in [0.15, 0.2) is 48.5 Å². The quantitative estimate of drug-likeness (QED) is 0.660. The number of carboxylic acid groups (broad SMARTS) is 1. The molecule has 186 valence electrons. The zero-order chi connectivity index (χ0) is 25.2. The molecule has 2 aromatic carbocycles. The van der Waals surface area contributed by atoms with Crippen LogP contribution in [-0.2, 0) is 14.3 Å². The summed E-state index contributed by atoms with van der Waals surface area (Å²) in [6.07, 6.45) is -0.544. The number of carboxylic acids is 1. The molecule has 0 spiro atoms. The number of fused-ring (bicyclic) bond motifs is 3. The van der Waals surface area contributed by atoms with Gasteiger partial charge in [-0.05, 0) is 49.6 Å². The van der Waals surface area contributed by atoms with Crippen LogP contribution in [0, 0.1) is 0 Å². The number of likely N-dealkylation sites (N-methyl/N-ethyl adjacent to an activating group) is 1. The van der Waals surface area contributed by atoms with Crippen LogP contribution in [-0.4, -0.2) is 77.7 Å². The minimum absolute atomic E-state index is 0.0719. The molecule has 0 aromatic heterocycles. The van der Waals surface area contributed by atoms with E-state index in [1.54, 1.807) is 4.90 Å². The Morgan fingerprint density at radius 1 is 1.03 bits per heavy atom. The molecule has 1 saturated heterocycles. The number of carbonyl (C=O) groups excluding carboxylic acids is 2. The number of alkyl carbamates (subject to hydrolysis) is 1.